The molecule has 20 heavy (non-hydrogen) atoms. The summed E-state index contributed by atoms with van der Waals surface area (Å²) < 4.78 is 25.9. The van der Waals surface area contributed by atoms with Gasteiger partial charge in [0.2, 0.25) is 5.91 Å². The predicted octanol–water partition coefficient (Wildman–Crippen LogP) is 2.41. The van der Waals surface area contributed by atoms with E-state index in [2.05, 4.69) is 5.32 Å². The van der Waals surface area contributed by atoms with E-state index in [1.165, 1.54) is 6.07 Å². The highest BCUT2D eigenvalue weighted by atomic mass is 19.2. The molecule has 1 N–H and O–H groups in total. The van der Waals surface area contributed by atoms with Crippen LogP contribution in [0.2, 0.25) is 0 Å². The monoisotopic (exact) mass is 281 g/mol. The normalized spacial score (nSPS) is 20.9. The highest BCUT2D eigenvalue weighted by Crippen LogP contribution is 2.47. The van der Waals surface area contributed by atoms with Gasteiger partial charge in [0.05, 0.1) is 6.54 Å². The molecule has 0 spiro atoms. The molecule has 1 fully saturated rings. The number of Topliss-reactive ketones (excluding diaryl/α,β-unsaturated/α-hetero) is 1. The molecule has 0 aliphatic heterocycles. The summed E-state index contributed by atoms with van der Waals surface area (Å²) in [6.07, 6.45) is 0.604. The molecule has 1 aliphatic rings. The highest BCUT2D eigenvalue weighted by Gasteiger charge is 2.44. The first-order valence-corrected chi connectivity index (χ1v) is 6.65. The van der Waals surface area contributed by atoms with Crippen molar-refractivity contribution in [2.75, 3.05) is 6.54 Å². The van der Waals surface area contributed by atoms with Crippen molar-refractivity contribution in [3.63, 3.8) is 0 Å². The van der Waals surface area contributed by atoms with Crippen molar-refractivity contribution in [3.8, 4) is 0 Å². The Kier molecular flexibility index (Phi) is 4.16. The van der Waals surface area contributed by atoms with Crippen LogP contribution in [0.15, 0.2) is 18.2 Å². The second-order valence-electron chi connectivity index (χ2n) is 5.46. The van der Waals surface area contributed by atoms with Gasteiger partial charge in [0.25, 0.3) is 0 Å². The highest BCUT2D eigenvalue weighted by molar-refractivity contribution is 5.89. The van der Waals surface area contributed by atoms with E-state index in [1.54, 1.807) is 13.8 Å². The van der Waals surface area contributed by atoms with Crippen molar-refractivity contribution < 1.29 is 18.4 Å². The summed E-state index contributed by atoms with van der Waals surface area (Å²) in [5.41, 5.74) is 0.624. The van der Waals surface area contributed by atoms with Gasteiger partial charge in [-0.05, 0) is 30.0 Å². The molecule has 2 rings (SSSR count). The zero-order valence-electron chi connectivity index (χ0n) is 11.5. The maximum atomic E-state index is 13.1. The summed E-state index contributed by atoms with van der Waals surface area (Å²) in [5, 5.41) is 2.60. The van der Waals surface area contributed by atoms with E-state index in [0.717, 1.165) is 12.1 Å². The topological polar surface area (TPSA) is 46.2 Å². The van der Waals surface area contributed by atoms with E-state index in [0.29, 0.717) is 12.0 Å². The quantitative estimate of drug-likeness (QED) is 0.901. The third kappa shape index (κ3) is 3.21. The molecule has 108 valence electrons. The smallest absolute Gasteiger partial charge is 0.224 e. The molecular weight excluding hydrogens is 264 g/mol. The van der Waals surface area contributed by atoms with Gasteiger partial charge in [-0.2, -0.15) is 0 Å². The molecule has 1 amide bonds. The molecule has 1 aromatic carbocycles. The number of carbonyl (C=O) groups excluding carboxylic acids is 2. The predicted molar refractivity (Wildman–Crippen MR) is 70.1 cm³/mol. The Hall–Kier alpha value is -1.78. The fraction of sp³-hybridized carbons (Fsp3) is 0.467. The van der Waals surface area contributed by atoms with Crippen LogP contribution in [0.4, 0.5) is 8.78 Å². The van der Waals surface area contributed by atoms with Gasteiger partial charge in [0.15, 0.2) is 17.4 Å². The third-order valence-corrected chi connectivity index (χ3v) is 3.58. The van der Waals surface area contributed by atoms with E-state index in [4.69, 9.17) is 0 Å². The molecule has 0 radical (unpaired) electrons. The Labute approximate surface area is 116 Å². The minimum atomic E-state index is -0.899. The van der Waals surface area contributed by atoms with Crippen molar-refractivity contribution in [3.05, 3.63) is 35.4 Å². The molecular formula is C15H17F2NO2. The van der Waals surface area contributed by atoms with Crippen molar-refractivity contribution in [2.45, 2.75) is 26.2 Å². The Morgan fingerprint density at radius 1 is 1.30 bits per heavy atom. The van der Waals surface area contributed by atoms with E-state index in [1.807, 2.05) is 0 Å². The van der Waals surface area contributed by atoms with Crippen LogP contribution >= 0.6 is 0 Å². The molecule has 1 aliphatic carbocycles. The van der Waals surface area contributed by atoms with Gasteiger partial charge in [-0.1, -0.05) is 19.9 Å². The van der Waals surface area contributed by atoms with Crippen LogP contribution in [0.1, 0.15) is 31.7 Å². The second kappa shape index (κ2) is 5.69. The molecule has 0 aromatic heterocycles. The van der Waals surface area contributed by atoms with Crippen LogP contribution in [0.3, 0.4) is 0 Å². The zero-order valence-corrected chi connectivity index (χ0v) is 11.5. The lowest BCUT2D eigenvalue weighted by Gasteiger charge is -2.06. The van der Waals surface area contributed by atoms with Crippen molar-refractivity contribution in [1.29, 1.82) is 0 Å². The largest absolute Gasteiger partial charge is 0.349 e. The van der Waals surface area contributed by atoms with Crippen molar-refractivity contribution in [2.24, 2.45) is 11.8 Å². The number of rotatable bonds is 5. The Bertz CT molecular complexity index is 543. The van der Waals surface area contributed by atoms with E-state index in [9.17, 15) is 18.4 Å². The summed E-state index contributed by atoms with van der Waals surface area (Å²) in [4.78, 5) is 23.3. The molecule has 0 heterocycles. The summed E-state index contributed by atoms with van der Waals surface area (Å²) >= 11 is 0. The second-order valence-corrected chi connectivity index (χ2v) is 5.46. The number of carbonyl (C=O) groups is 2. The summed E-state index contributed by atoms with van der Waals surface area (Å²) in [6.45, 7) is 3.57. The van der Waals surface area contributed by atoms with Gasteiger partial charge >= 0.3 is 0 Å². The average molecular weight is 281 g/mol. The molecule has 1 saturated carbocycles. The minimum Gasteiger partial charge on any atom is -0.349 e. The number of hydrogen-bond acceptors (Lipinski definition) is 2. The molecule has 1 aromatic rings. The third-order valence-electron chi connectivity index (χ3n) is 3.58. The number of nitrogens with one attached hydrogen (secondary N) is 1. The molecule has 2 atom stereocenters. The van der Waals surface area contributed by atoms with Crippen molar-refractivity contribution in [1.82, 2.24) is 5.32 Å². The van der Waals surface area contributed by atoms with Crippen LogP contribution < -0.4 is 5.32 Å². The van der Waals surface area contributed by atoms with Gasteiger partial charge in [0.1, 0.15) is 0 Å². The Morgan fingerprint density at radius 2 is 2.00 bits per heavy atom. The Morgan fingerprint density at radius 3 is 2.60 bits per heavy atom. The minimum absolute atomic E-state index is 0.0247. The van der Waals surface area contributed by atoms with E-state index < -0.39 is 11.6 Å². The van der Waals surface area contributed by atoms with Gasteiger partial charge in [-0.15, -0.1) is 0 Å². The fourth-order valence-electron chi connectivity index (χ4n) is 2.11. The maximum absolute atomic E-state index is 13.1. The number of ketones is 1. The fourth-order valence-corrected chi connectivity index (χ4v) is 2.11. The summed E-state index contributed by atoms with van der Waals surface area (Å²) in [5.74, 6) is -2.46. The molecule has 3 nitrogen and oxygen atoms in total. The zero-order chi connectivity index (χ0) is 14.9. The van der Waals surface area contributed by atoms with Crippen LogP contribution in [0, 0.1) is 23.5 Å². The van der Waals surface area contributed by atoms with Crippen LogP contribution in [-0.4, -0.2) is 18.2 Å². The lowest BCUT2D eigenvalue weighted by molar-refractivity contribution is -0.127. The maximum Gasteiger partial charge on any atom is 0.224 e. The lowest BCUT2D eigenvalue weighted by Crippen LogP contribution is -2.32. The van der Waals surface area contributed by atoms with Gasteiger partial charge in [-0.3, -0.25) is 9.59 Å². The van der Waals surface area contributed by atoms with Gasteiger partial charge in [0, 0.05) is 11.8 Å². The summed E-state index contributed by atoms with van der Waals surface area (Å²) in [6, 6.07) is 3.70. The molecule has 0 bridgehead atoms. The van der Waals surface area contributed by atoms with Crippen molar-refractivity contribution >= 4 is 11.7 Å². The van der Waals surface area contributed by atoms with Gasteiger partial charge in [-0.25, -0.2) is 8.78 Å². The SMILES string of the molecule is CC(C)C(=O)CNC(=O)[C@@H]1C[C@H]1c1ccc(F)c(F)c1. The summed E-state index contributed by atoms with van der Waals surface area (Å²) in [7, 11) is 0. The van der Waals surface area contributed by atoms with Gasteiger partial charge < -0.3 is 5.32 Å². The first kappa shape index (κ1) is 14.6. The number of hydrogen-bond donors (Lipinski definition) is 1. The van der Waals surface area contributed by atoms with Crippen LogP contribution in [0.25, 0.3) is 0 Å². The van der Waals surface area contributed by atoms with E-state index in [-0.39, 0.29) is 36.0 Å². The van der Waals surface area contributed by atoms with Crippen LogP contribution in [-0.2, 0) is 9.59 Å². The number of amides is 1. The Balaban J connectivity index is 1.89. The number of halogens is 2. The molecule has 0 saturated heterocycles. The van der Waals surface area contributed by atoms with E-state index >= 15 is 0 Å². The standard InChI is InChI=1S/C15H17F2NO2/c1-8(2)14(19)7-18-15(20)11-6-10(11)9-3-4-12(16)13(17)5-9/h3-5,8,10-11H,6-7H2,1-2H3,(H,18,20)/t10-,11+/m0/s1. The molecule has 0 unspecified atom stereocenters. The lowest BCUT2D eigenvalue weighted by atomic mass is 10.1. The molecule has 5 heteroatoms. The first-order chi connectivity index (χ1) is 9.40. The van der Waals surface area contributed by atoms with Crippen LogP contribution in [0.5, 0.6) is 0 Å². The number of benzene rings is 1. The first-order valence-electron chi connectivity index (χ1n) is 6.65. The average Bonchev–Trinajstić information content (AvgIpc) is 3.19.